The van der Waals surface area contributed by atoms with Crippen molar-refractivity contribution < 1.29 is 33.4 Å². The molecule has 10 heteroatoms. The predicted molar refractivity (Wildman–Crippen MR) is 130 cm³/mol. The molecule has 2 aromatic rings. The van der Waals surface area contributed by atoms with Gasteiger partial charge in [0.1, 0.15) is 0 Å². The van der Waals surface area contributed by atoms with E-state index in [0.717, 1.165) is 4.90 Å². The standard InChI is InChI=1S/C25H23NO7S2/c1-14(27)31-21-13-34-25(24(33-16(3)29)23(21)32-15(2)28)35-20-10-8-19(9-11-20)22(30)18-6-4-17(12-26)5-7-18/h4-11,21,23-25H,13H2,1-3H3/t21-,23+,24-,25-/m1/s1. The average molecular weight is 514 g/mol. The Morgan fingerprint density at radius 3 is 1.86 bits per heavy atom. The van der Waals surface area contributed by atoms with Gasteiger partial charge in [0, 0.05) is 42.5 Å². The molecular formula is C25H23NO7S2. The summed E-state index contributed by atoms with van der Waals surface area (Å²) in [5.74, 6) is -1.48. The minimum absolute atomic E-state index is 0.171. The van der Waals surface area contributed by atoms with E-state index in [2.05, 4.69) is 0 Å². The van der Waals surface area contributed by atoms with Crippen molar-refractivity contribution in [2.45, 2.75) is 48.6 Å². The molecule has 0 radical (unpaired) electrons. The Labute approximate surface area is 211 Å². The molecule has 0 N–H and O–H groups in total. The van der Waals surface area contributed by atoms with Crippen molar-refractivity contribution in [2.75, 3.05) is 5.75 Å². The number of ketones is 1. The molecule has 0 saturated carbocycles. The van der Waals surface area contributed by atoms with E-state index in [1.807, 2.05) is 6.07 Å². The van der Waals surface area contributed by atoms with Gasteiger partial charge in [0.25, 0.3) is 0 Å². The zero-order valence-electron chi connectivity index (χ0n) is 19.3. The van der Waals surface area contributed by atoms with Crippen molar-refractivity contribution >= 4 is 47.2 Å². The van der Waals surface area contributed by atoms with Gasteiger partial charge >= 0.3 is 17.9 Å². The fourth-order valence-corrected chi connectivity index (χ4v) is 6.28. The molecule has 1 aliphatic rings. The monoisotopic (exact) mass is 513 g/mol. The lowest BCUT2D eigenvalue weighted by molar-refractivity contribution is -0.180. The lowest BCUT2D eigenvalue weighted by Crippen LogP contribution is -2.53. The van der Waals surface area contributed by atoms with E-state index >= 15 is 0 Å². The van der Waals surface area contributed by atoms with Crippen molar-refractivity contribution in [1.29, 1.82) is 5.26 Å². The first-order valence-corrected chi connectivity index (χ1v) is 12.6. The summed E-state index contributed by atoms with van der Waals surface area (Å²) in [7, 11) is 0. The second-order valence-electron chi connectivity index (χ2n) is 7.66. The highest BCUT2D eigenvalue weighted by molar-refractivity contribution is 8.17. The number of hydrogen-bond acceptors (Lipinski definition) is 10. The first-order valence-electron chi connectivity index (χ1n) is 10.6. The SMILES string of the molecule is CC(=O)O[C@@H]1[C@@H](OC(C)=O)[C@@H](Sc2ccc(C(=O)c3ccc(C#N)cc3)cc2)SC[C@H]1OC(C)=O. The summed E-state index contributed by atoms with van der Waals surface area (Å²) in [5.41, 5.74) is 1.44. The van der Waals surface area contributed by atoms with Gasteiger partial charge in [0.05, 0.1) is 16.2 Å². The molecule has 1 heterocycles. The summed E-state index contributed by atoms with van der Waals surface area (Å²) in [4.78, 5) is 48.6. The van der Waals surface area contributed by atoms with Gasteiger partial charge in [0.2, 0.25) is 0 Å². The number of rotatable bonds is 7. The molecule has 182 valence electrons. The summed E-state index contributed by atoms with van der Waals surface area (Å²) in [6.07, 6.45) is -2.56. The van der Waals surface area contributed by atoms with Crippen LogP contribution in [0.25, 0.3) is 0 Å². The molecule has 1 saturated heterocycles. The van der Waals surface area contributed by atoms with E-state index in [1.54, 1.807) is 48.5 Å². The molecule has 0 amide bonds. The third kappa shape index (κ3) is 7.10. The second kappa shape index (κ2) is 11.9. The predicted octanol–water partition coefficient (Wildman–Crippen LogP) is 3.75. The minimum atomic E-state index is -0.948. The second-order valence-corrected chi connectivity index (χ2v) is 10.3. The zero-order valence-corrected chi connectivity index (χ0v) is 20.9. The molecule has 3 rings (SSSR count). The highest BCUT2D eigenvalue weighted by Crippen LogP contribution is 2.41. The Bertz CT molecular complexity index is 1140. The van der Waals surface area contributed by atoms with Crippen LogP contribution in [-0.2, 0) is 28.6 Å². The van der Waals surface area contributed by atoms with Crippen LogP contribution in [0.15, 0.2) is 53.4 Å². The number of thioether (sulfide) groups is 2. The lowest BCUT2D eigenvalue weighted by Gasteiger charge is -2.39. The van der Waals surface area contributed by atoms with Crippen LogP contribution in [-0.4, -0.2) is 52.3 Å². The maximum atomic E-state index is 12.7. The van der Waals surface area contributed by atoms with Gasteiger partial charge < -0.3 is 14.2 Å². The molecule has 1 fully saturated rings. The number of nitrogens with zero attached hydrogens (tertiary/aromatic N) is 1. The van der Waals surface area contributed by atoms with Crippen molar-refractivity contribution in [3.63, 3.8) is 0 Å². The van der Waals surface area contributed by atoms with Crippen LogP contribution in [0.4, 0.5) is 0 Å². The number of benzene rings is 2. The Morgan fingerprint density at radius 2 is 1.34 bits per heavy atom. The quantitative estimate of drug-likeness (QED) is 0.307. The molecule has 0 bridgehead atoms. The summed E-state index contributed by atoms with van der Waals surface area (Å²) in [6, 6.07) is 15.4. The van der Waals surface area contributed by atoms with Gasteiger partial charge in [0.15, 0.2) is 24.1 Å². The Morgan fingerprint density at radius 1 is 0.829 bits per heavy atom. The molecule has 0 spiro atoms. The fourth-order valence-electron chi connectivity index (χ4n) is 3.49. The Hall–Kier alpha value is -3.29. The maximum Gasteiger partial charge on any atom is 0.303 e. The van der Waals surface area contributed by atoms with Gasteiger partial charge in [-0.1, -0.05) is 0 Å². The topological polar surface area (TPSA) is 120 Å². The third-order valence-electron chi connectivity index (χ3n) is 4.95. The Balaban J connectivity index is 1.78. The van der Waals surface area contributed by atoms with E-state index in [1.165, 1.54) is 44.3 Å². The highest BCUT2D eigenvalue weighted by atomic mass is 32.2. The number of nitriles is 1. The van der Waals surface area contributed by atoms with E-state index in [9.17, 15) is 19.2 Å². The van der Waals surface area contributed by atoms with Crippen LogP contribution in [0.2, 0.25) is 0 Å². The van der Waals surface area contributed by atoms with Crippen LogP contribution in [0.5, 0.6) is 0 Å². The van der Waals surface area contributed by atoms with Crippen LogP contribution in [0.3, 0.4) is 0 Å². The maximum absolute atomic E-state index is 12.7. The summed E-state index contributed by atoms with van der Waals surface area (Å²) in [5, 5.41) is 8.92. The fraction of sp³-hybridized carbons (Fsp3) is 0.320. The number of ether oxygens (including phenoxy) is 3. The van der Waals surface area contributed by atoms with Gasteiger partial charge in [-0.2, -0.15) is 5.26 Å². The first-order chi connectivity index (χ1) is 16.7. The minimum Gasteiger partial charge on any atom is -0.458 e. The molecule has 1 aliphatic heterocycles. The summed E-state index contributed by atoms with van der Waals surface area (Å²) >= 11 is 2.82. The molecular weight excluding hydrogens is 490 g/mol. The van der Waals surface area contributed by atoms with Gasteiger partial charge in [-0.05, 0) is 48.5 Å². The van der Waals surface area contributed by atoms with Gasteiger partial charge in [-0.3, -0.25) is 19.2 Å². The summed E-state index contributed by atoms with van der Waals surface area (Å²) < 4.78 is 15.9. The van der Waals surface area contributed by atoms with Crippen LogP contribution < -0.4 is 0 Å². The molecule has 0 aliphatic carbocycles. The van der Waals surface area contributed by atoms with Crippen molar-refractivity contribution in [2.24, 2.45) is 0 Å². The zero-order chi connectivity index (χ0) is 25.5. The largest absolute Gasteiger partial charge is 0.458 e. The molecule has 0 unspecified atom stereocenters. The molecule has 35 heavy (non-hydrogen) atoms. The average Bonchev–Trinajstić information content (AvgIpc) is 2.82. The van der Waals surface area contributed by atoms with Crippen molar-refractivity contribution in [3.8, 4) is 6.07 Å². The lowest BCUT2D eigenvalue weighted by atomic mass is 10.0. The highest BCUT2D eigenvalue weighted by Gasteiger charge is 2.46. The normalized spacial score (nSPS) is 21.3. The first kappa shape index (κ1) is 26.3. The van der Waals surface area contributed by atoms with E-state index < -0.39 is 36.2 Å². The van der Waals surface area contributed by atoms with E-state index in [-0.39, 0.29) is 10.4 Å². The molecule has 8 nitrogen and oxygen atoms in total. The summed E-state index contributed by atoms with van der Waals surface area (Å²) in [6.45, 7) is 3.76. The van der Waals surface area contributed by atoms with Gasteiger partial charge in [-0.25, -0.2) is 0 Å². The van der Waals surface area contributed by atoms with Crippen LogP contribution in [0.1, 0.15) is 42.3 Å². The van der Waals surface area contributed by atoms with Crippen LogP contribution in [0, 0.1) is 11.3 Å². The Kier molecular flexibility index (Phi) is 8.95. The molecule has 0 aromatic heterocycles. The third-order valence-corrected chi connectivity index (χ3v) is 7.81. The van der Waals surface area contributed by atoms with E-state index in [4.69, 9.17) is 19.5 Å². The van der Waals surface area contributed by atoms with Crippen molar-refractivity contribution in [3.05, 3.63) is 65.2 Å². The molecule has 2 aromatic carbocycles. The smallest absolute Gasteiger partial charge is 0.303 e. The number of carbonyl (C=O) groups is 4. The van der Waals surface area contributed by atoms with Crippen LogP contribution >= 0.6 is 23.5 Å². The van der Waals surface area contributed by atoms with E-state index in [0.29, 0.717) is 22.4 Å². The number of esters is 3. The number of hydrogen-bond donors (Lipinski definition) is 0. The number of carbonyl (C=O) groups excluding carboxylic acids is 4. The van der Waals surface area contributed by atoms with Gasteiger partial charge in [-0.15, -0.1) is 23.5 Å². The van der Waals surface area contributed by atoms with Crippen molar-refractivity contribution in [1.82, 2.24) is 0 Å². The molecule has 4 atom stereocenters.